The number of nitrogens with one attached hydrogen (secondary N) is 1. The molecule has 0 radical (unpaired) electrons. The molecule has 3 amide bonds. The number of allylic oxidation sites excluding steroid dienone is 1. The van der Waals surface area contributed by atoms with Crippen LogP contribution in [-0.4, -0.2) is 40.5 Å². The molecule has 12 heteroatoms. The molecule has 1 fully saturated rings. The lowest BCUT2D eigenvalue weighted by molar-refractivity contribution is -0.384. The normalized spacial score (nSPS) is 13.8. The third-order valence-electron chi connectivity index (χ3n) is 5.85. The van der Waals surface area contributed by atoms with Gasteiger partial charge in [0.1, 0.15) is 19.0 Å². The van der Waals surface area contributed by atoms with Crippen LogP contribution in [0.3, 0.4) is 0 Å². The van der Waals surface area contributed by atoms with E-state index in [-0.39, 0.29) is 22.9 Å². The molecular weight excluding hydrogens is 553 g/mol. The fourth-order valence-corrected chi connectivity index (χ4v) is 4.80. The first-order valence-electron chi connectivity index (χ1n) is 12.2. The summed E-state index contributed by atoms with van der Waals surface area (Å²) in [6, 6.07) is 14.6. The fraction of sp³-hybridized carbons (Fsp3) is 0.138. The predicted octanol–water partition coefficient (Wildman–Crippen LogP) is 5.73. The van der Waals surface area contributed by atoms with Crippen molar-refractivity contribution < 1.29 is 33.2 Å². The van der Waals surface area contributed by atoms with Gasteiger partial charge in [-0.3, -0.25) is 29.4 Å². The first-order chi connectivity index (χ1) is 19.7. The summed E-state index contributed by atoms with van der Waals surface area (Å²) in [5.74, 6) is -1.03. The number of hydrogen-bond acceptors (Lipinski definition) is 8. The smallest absolute Gasteiger partial charge is 0.294 e. The van der Waals surface area contributed by atoms with E-state index in [4.69, 9.17) is 9.47 Å². The summed E-state index contributed by atoms with van der Waals surface area (Å²) in [7, 11) is 1.46. The Bertz CT molecular complexity index is 1560. The molecule has 1 saturated heterocycles. The van der Waals surface area contributed by atoms with Crippen LogP contribution in [0.1, 0.15) is 16.7 Å². The first kappa shape index (κ1) is 29.0. The van der Waals surface area contributed by atoms with E-state index in [0.29, 0.717) is 46.4 Å². The molecule has 1 aliphatic rings. The summed E-state index contributed by atoms with van der Waals surface area (Å²) in [5, 5.41) is 12.8. The molecule has 0 atom stereocenters. The van der Waals surface area contributed by atoms with Gasteiger partial charge in [-0.05, 0) is 77.9 Å². The Kier molecular flexibility index (Phi) is 9.15. The standard InChI is InChI=1S/C29H24FN3O7S/c1-3-5-20-12-19(13-24(39-2)27(20)40-17-18-8-10-23(11-9-18)33(37)38)14-25-28(35)32(29(36)41-25)16-26(34)31-22-7-4-6-21(30)15-22/h3-4,6-15H,1,5,16-17H2,2H3,(H,31,34)/b25-14+. The minimum Gasteiger partial charge on any atom is -0.493 e. The van der Waals surface area contributed by atoms with Crippen LogP contribution in [0.4, 0.5) is 20.6 Å². The lowest BCUT2D eigenvalue weighted by Crippen LogP contribution is -2.36. The number of anilines is 1. The number of hydrogen-bond donors (Lipinski definition) is 1. The monoisotopic (exact) mass is 577 g/mol. The van der Waals surface area contributed by atoms with Gasteiger partial charge >= 0.3 is 0 Å². The largest absolute Gasteiger partial charge is 0.493 e. The van der Waals surface area contributed by atoms with Crippen LogP contribution in [0, 0.1) is 15.9 Å². The Balaban J connectivity index is 1.51. The van der Waals surface area contributed by atoms with Crippen LogP contribution in [0.2, 0.25) is 0 Å². The molecule has 0 aromatic heterocycles. The zero-order valence-corrected chi connectivity index (χ0v) is 22.6. The number of carbonyl (C=O) groups is 3. The van der Waals surface area contributed by atoms with Gasteiger partial charge in [-0.2, -0.15) is 0 Å². The van der Waals surface area contributed by atoms with Crippen LogP contribution in [0.15, 0.2) is 78.2 Å². The molecule has 0 bridgehead atoms. The fourth-order valence-electron chi connectivity index (χ4n) is 3.96. The highest BCUT2D eigenvalue weighted by atomic mass is 32.2. The van der Waals surface area contributed by atoms with Crippen molar-refractivity contribution in [2.45, 2.75) is 13.0 Å². The van der Waals surface area contributed by atoms with Crippen LogP contribution < -0.4 is 14.8 Å². The molecule has 0 unspecified atom stereocenters. The number of imide groups is 1. The molecule has 0 spiro atoms. The first-order valence-corrected chi connectivity index (χ1v) is 13.0. The predicted molar refractivity (Wildman–Crippen MR) is 152 cm³/mol. The molecule has 3 aromatic carbocycles. The highest BCUT2D eigenvalue weighted by Crippen LogP contribution is 2.37. The zero-order valence-electron chi connectivity index (χ0n) is 21.8. The van der Waals surface area contributed by atoms with Gasteiger partial charge in [-0.25, -0.2) is 4.39 Å². The van der Waals surface area contributed by atoms with Crippen LogP contribution >= 0.6 is 11.8 Å². The Morgan fingerprint density at radius 1 is 1.17 bits per heavy atom. The molecular formula is C29H24FN3O7S. The Morgan fingerprint density at radius 3 is 2.59 bits per heavy atom. The van der Waals surface area contributed by atoms with Crippen LogP contribution in [0.5, 0.6) is 11.5 Å². The highest BCUT2D eigenvalue weighted by Gasteiger charge is 2.36. The molecule has 4 rings (SSSR count). The molecule has 0 saturated carbocycles. The van der Waals surface area contributed by atoms with Crippen molar-refractivity contribution in [1.82, 2.24) is 4.90 Å². The molecule has 1 heterocycles. The molecule has 1 N–H and O–H groups in total. The highest BCUT2D eigenvalue weighted by molar-refractivity contribution is 8.18. The summed E-state index contributed by atoms with van der Waals surface area (Å²) in [6.07, 6.45) is 3.59. The third kappa shape index (κ3) is 7.17. The van der Waals surface area contributed by atoms with Gasteiger partial charge in [-0.1, -0.05) is 12.1 Å². The van der Waals surface area contributed by atoms with Crippen molar-refractivity contribution in [1.29, 1.82) is 0 Å². The molecule has 10 nitrogen and oxygen atoms in total. The van der Waals surface area contributed by atoms with Gasteiger partial charge in [0.25, 0.3) is 16.8 Å². The van der Waals surface area contributed by atoms with Crippen LogP contribution in [-0.2, 0) is 22.6 Å². The summed E-state index contributed by atoms with van der Waals surface area (Å²) in [6.45, 7) is 3.37. The second-order valence-electron chi connectivity index (χ2n) is 8.74. The summed E-state index contributed by atoms with van der Waals surface area (Å²) < 4.78 is 24.9. The van der Waals surface area contributed by atoms with Crippen molar-refractivity contribution in [2.75, 3.05) is 19.0 Å². The second-order valence-corrected chi connectivity index (χ2v) is 9.74. The molecule has 0 aliphatic carbocycles. The summed E-state index contributed by atoms with van der Waals surface area (Å²) >= 11 is 0.693. The maximum atomic E-state index is 13.4. The molecule has 3 aromatic rings. The number of rotatable bonds is 11. The van der Waals surface area contributed by atoms with Gasteiger partial charge < -0.3 is 14.8 Å². The molecule has 1 aliphatic heterocycles. The number of halogens is 1. The van der Waals surface area contributed by atoms with Gasteiger partial charge in [0.15, 0.2) is 11.5 Å². The Morgan fingerprint density at radius 2 is 1.93 bits per heavy atom. The lowest BCUT2D eigenvalue weighted by Gasteiger charge is -2.16. The number of benzene rings is 3. The van der Waals surface area contributed by atoms with Gasteiger partial charge in [0, 0.05) is 23.4 Å². The lowest BCUT2D eigenvalue weighted by atomic mass is 10.0. The number of nitrogens with zero attached hydrogens (tertiary/aromatic N) is 2. The van der Waals surface area contributed by atoms with Crippen molar-refractivity contribution in [3.8, 4) is 11.5 Å². The van der Waals surface area contributed by atoms with E-state index < -0.39 is 34.3 Å². The Hall–Kier alpha value is -4.97. The maximum Gasteiger partial charge on any atom is 0.294 e. The SMILES string of the molecule is C=CCc1cc(/C=C2/SC(=O)N(CC(=O)Nc3cccc(F)c3)C2=O)cc(OC)c1OCc1ccc([N+](=O)[O-])cc1. The van der Waals surface area contributed by atoms with Crippen molar-refractivity contribution >= 4 is 46.3 Å². The number of carbonyl (C=O) groups excluding carboxylic acids is 3. The maximum absolute atomic E-state index is 13.4. The van der Waals surface area contributed by atoms with Crippen LogP contribution in [0.25, 0.3) is 6.08 Å². The second kappa shape index (κ2) is 12.9. The number of nitro benzene ring substituents is 1. The topological polar surface area (TPSA) is 128 Å². The molecule has 210 valence electrons. The van der Waals surface area contributed by atoms with E-state index in [2.05, 4.69) is 11.9 Å². The quantitative estimate of drug-likeness (QED) is 0.133. The average molecular weight is 578 g/mol. The van der Waals surface area contributed by atoms with Gasteiger partial charge in [0.2, 0.25) is 5.91 Å². The van der Waals surface area contributed by atoms with Crippen molar-refractivity contribution in [2.24, 2.45) is 0 Å². The third-order valence-corrected chi connectivity index (χ3v) is 6.76. The van der Waals surface area contributed by atoms with Crippen molar-refractivity contribution in [3.63, 3.8) is 0 Å². The number of methoxy groups -OCH3 is 1. The summed E-state index contributed by atoms with van der Waals surface area (Å²) in [5.41, 5.74) is 2.13. The average Bonchev–Trinajstić information content (AvgIpc) is 3.19. The molecule has 41 heavy (non-hydrogen) atoms. The van der Waals surface area contributed by atoms with E-state index >= 15 is 0 Å². The van der Waals surface area contributed by atoms with E-state index in [1.54, 1.807) is 30.3 Å². The number of ether oxygens (including phenoxy) is 2. The number of thioether (sulfide) groups is 1. The number of non-ortho nitro benzene ring substituents is 1. The van der Waals surface area contributed by atoms with Gasteiger partial charge in [-0.15, -0.1) is 6.58 Å². The minimum absolute atomic E-state index is 0.0281. The van der Waals surface area contributed by atoms with Gasteiger partial charge in [0.05, 0.1) is 16.9 Å². The zero-order chi connectivity index (χ0) is 29.5. The number of amides is 3. The van der Waals surface area contributed by atoms with E-state index in [1.165, 1.54) is 43.5 Å². The summed E-state index contributed by atoms with van der Waals surface area (Å²) in [4.78, 5) is 49.3. The van der Waals surface area contributed by atoms with E-state index in [1.807, 2.05) is 0 Å². The van der Waals surface area contributed by atoms with E-state index in [9.17, 15) is 28.9 Å². The number of nitro groups is 1. The van der Waals surface area contributed by atoms with E-state index in [0.717, 1.165) is 11.0 Å². The Labute approximate surface area is 238 Å². The van der Waals surface area contributed by atoms with Crippen molar-refractivity contribution in [3.05, 3.63) is 111 Å². The minimum atomic E-state index is -0.649.